The smallest absolute Gasteiger partial charge is 0.269 e. The first-order chi connectivity index (χ1) is 14.1. The Hall–Kier alpha value is -3.81. The average Bonchev–Trinajstić information content (AvgIpc) is 2.79. The molecule has 29 heavy (non-hydrogen) atoms. The first-order valence-corrected chi connectivity index (χ1v) is 9.28. The Kier molecular flexibility index (Phi) is 5.15. The Bertz CT molecular complexity index is 1020. The van der Waals surface area contributed by atoms with Crippen LogP contribution in [0.15, 0.2) is 67.0 Å². The number of amides is 1. The summed E-state index contributed by atoms with van der Waals surface area (Å²) in [6, 6.07) is 17.6. The van der Waals surface area contributed by atoms with E-state index in [1.165, 1.54) is 24.3 Å². The number of hydrogen-bond acceptors (Lipinski definition) is 6. The number of carbonyl (C=O) groups excluding carboxylic acids is 1. The van der Waals surface area contributed by atoms with E-state index in [-0.39, 0.29) is 11.6 Å². The molecule has 0 bridgehead atoms. The maximum atomic E-state index is 12.7. The van der Waals surface area contributed by atoms with Crippen LogP contribution in [0, 0.1) is 10.1 Å². The molecule has 146 valence electrons. The van der Waals surface area contributed by atoms with E-state index in [0.29, 0.717) is 31.7 Å². The topological polar surface area (TPSA) is 92.5 Å². The molecule has 1 fully saturated rings. The standard InChI is InChI=1S/C21H19N5O3/c27-21(17-6-8-18(9-7-17)26(28)29)25-12-10-24(11-13-25)20-14-19(22-15-23-20)16-4-2-1-3-5-16/h1-9,14-15H,10-13H2. The van der Waals surface area contributed by atoms with E-state index in [1.54, 1.807) is 11.2 Å². The van der Waals surface area contributed by atoms with E-state index in [0.717, 1.165) is 17.1 Å². The second kappa shape index (κ2) is 8.05. The average molecular weight is 389 g/mol. The molecule has 8 heteroatoms. The van der Waals surface area contributed by atoms with Gasteiger partial charge in [0, 0.05) is 55.5 Å². The van der Waals surface area contributed by atoms with E-state index in [2.05, 4.69) is 14.9 Å². The molecule has 2 aromatic carbocycles. The minimum Gasteiger partial charge on any atom is -0.353 e. The molecule has 8 nitrogen and oxygen atoms in total. The van der Waals surface area contributed by atoms with Crippen LogP contribution < -0.4 is 4.90 Å². The summed E-state index contributed by atoms with van der Waals surface area (Å²) in [7, 11) is 0. The number of benzene rings is 2. The van der Waals surface area contributed by atoms with Crippen molar-refractivity contribution in [3.63, 3.8) is 0 Å². The zero-order valence-electron chi connectivity index (χ0n) is 15.6. The second-order valence-corrected chi connectivity index (χ2v) is 6.71. The van der Waals surface area contributed by atoms with Crippen LogP contribution in [0.1, 0.15) is 10.4 Å². The molecule has 1 amide bonds. The number of nitrogens with zero attached hydrogens (tertiary/aromatic N) is 5. The van der Waals surface area contributed by atoms with E-state index < -0.39 is 4.92 Å². The van der Waals surface area contributed by atoms with Gasteiger partial charge in [-0.1, -0.05) is 30.3 Å². The van der Waals surface area contributed by atoms with E-state index >= 15 is 0 Å². The summed E-state index contributed by atoms with van der Waals surface area (Å²) >= 11 is 0. The van der Waals surface area contributed by atoms with Gasteiger partial charge in [0.05, 0.1) is 10.6 Å². The summed E-state index contributed by atoms with van der Waals surface area (Å²) < 4.78 is 0. The molecule has 0 unspecified atom stereocenters. The molecule has 4 rings (SSSR count). The van der Waals surface area contributed by atoms with Crippen LogP contribution in [0.4, 0.5) is 11.5 Å². The third kappa shape index (κ3) is 4.06. The normalized spacial score (nSPS) is 13.9. The molecule has 0 N–H and O–H groups in total. The quantitative estimate of drug-likeness (QED) is 0.503. The van der Waals surface area contributed by atoms with Gasteiger partial charge in [-0.05, 0) is 12.1 Å². The van der Waals surface area contributed by atoms with Crippen LogP contribution in [0.5, 0.6) is 0 Å². The summed E-state index contributed by atoms with van der Waals surface area (Å²) in [5.41, 5.74) is 2.32. The molecule has 0 saturated carbocycles. The van der Waals surface area contributed by atoms with Crippen LogP contribution in [-0.4, -0.2) is 51.9 Å². The lowest BCUT2D eigenvalue weighted by Gasteiger charge is -2.35. The molecule has 0 atom stereocenters. The largest absolute Gasteiger partial charge is 0.353 e. The van der Waals surface area contributed by atoms with Crippen LogP contribution in [0.25, 0.3) is 11.3 Å². The number of piperazine rings is 1. The van der Waals surface area contributed by atoms with Crippen molar-refractivity contribution in [2.75, 3.05) is 31.1 Å². The number of carbonyl (C=O) groups is 1. The first-order valence-electron chi connectivity index (χ1n) is 9.28. The number of hydrogen-bond donors (Lipinski definition) is 0. The molecule has 1 saturated heterocycles. The van der Waals surface area contributed by atoms with Crippen LogP contribution in [-0.2, 0) is 0 Å². The highest BCUT2D eigenvalue weighted by molar-refractivity contribution is 5.94. The zero-order valence-corrected chi connectivity index (χ0v) is 15.6. The Balaban J connectivity index is 1.42. The van der Waals surface area contributed by atoms with Gasteiger partial charge in [-0.3, -0.25) is 14.9 Å². The van der Waals surface area contributed by atoms with Crippen molar-refractivity contribution >= 4 is 17.4 Å². The predicted octanol–water partition coefficient (Wildman–Crippen LogP) is 3.01. The molecule has 2 heterocycles. The van der Waals surface area contributed by atoms with Gasteiger partial charge in [-0.2, -0.15) is 0 Å². The van der Waals surface area contributed by atoms with Gasteiger partial charge in [0.15, 0.2) is 0 Å². The maximum absolute atomic E-state index is 12.7. The Morgan fingerprint density at radius 2 is 1.62 bits per heavy atom. The minimum absolute atomic E-state index is 0.0237. The van der Waals surface area contributed by atoms with Gasteiger partial charge in [-0.25, -0.2) is 9.97 Å². The summed E-state index contributed by atoms with van der Waals surface area (Å²) in [6.07, 6.45) is 1.56. The Labute approximate surface area is 167 Å². The van der Waals surface area contributed by atoms with Crippen molar-refractivity contribution in [2.45, 2.75) is 0 Å². The summed E-state index contributed by atoms with van der Waals surface area (Å²) in [5.74, 6) is 0.716. The number of non-ortho nitro benzene ring substituents is 1. The van der Waals surface area contributed by atoms with Crippen LogP contribution >= 0.6 is 0 Å². The van der Waals surface area contributed by atoms with Crippen molar-refractivity contribution < 1.29 is 9.72 Å². The maximum Gasteiger partial charge on any atom is 0.269 e. The van der Waals surface area contributed by atoms with Gasteiger partial charge < -0.3 is 9.80 Å². The van der Waals surface area contributed by atoms with Crippen molar-refractivity contribution in [1.82, 2.24) is 14.9 Å². The molecule has 0 radical (unpaired) electrons. The van der Waals surface area contributed by atoms with Gasteiger partial charge in [0.1, 0.15) is 12.1 Å². The molecular formula is C21H19N5O3. The predicted molar refractivity (Wildman–Crippen MR) is 109 cm³/mol. The molecule has 0 spiro atoms. The van der Waals surface area contributed by atoms with Crippen molar-refractivity contribution in [3.05, 3.63) is 82.7 Å². The van der Waals surface area contributed by atoms with Crippen LogP contribution in [0.3, 0.4) is 0 Å². The molecule has 1 aliphatic rings. The fourth-order valence-corrected chi connectivity index (χ4v) is 3.33. The van der Waals surface area contributed by atoms with Gasteiger partial charge >= 0.3 is 0 Å². The molecule has 0 aliphatic carbocycles. The highest BCUT2D eigenvalue weighted by Gasteiger charge is 2.23. The minimum atomic E-state index is -0.474. The molecule has 1 aromatic heterocycles. The van der Waals surface area contributed by atoms with Gasteiger partial charge in [-0.15, -0.1) is 0 Å². The fraction of sp³-hybridized carbons (Fsp3) is 0.190. The highest BCUT2D eigenvalue weighted by atomic mass is 16.6. The SMILES string of the molecule is O=C(c1ccc([N+](=O)[O-])cc1)N1CCN(c2cc(-c3ccccc3)ncn2)CC1. The van der Waals surface area contributed by atoms with Crippen molar-refractivity contribution in [2.24, 2.45) is 0 Å². The van der Waals surface area contributed by atoms with Crippen molar-refractivity contribution in [1.29, 1.82) is 0 Å². The van der Waals surface area contributed by atoms with E-state index in [9.17, 15) is 14.9 Å². The summed E-state index contributed by atoms with van der Waals surface area (Å²) in [6.45, 7) is 2.43. The van der Waals surface area contributed by atoms with Crippen LogP contribution in [0.2, 0.25) is 0 Å². The number of aromatic nitrogens is 2. The zero-order chi connectivity index (χ0) is 20.2. The lowest BCUT2D eigenvalue weighted by molar-refractivity contribution is -0.384. The first kappa shape index (κ1) is 18.5. The van der Waals surface area contributed by atoms with Crippen molar-refractivity contribution in [3.8, 4) is 11.3 Å². The third-order valence-electron chi connectivity index (χ3n) is 4.94. The van der Waals surface area contributed by atoms with E-state index in [4.69, 9.17) is 0 Å². The lowest BCUT2D eigenvalue weighted by atomic mass is 10.1. The van der Waals surface area contributed by atoms with Gasteiger partial charge in [0.25, 0.3) is 11.6 Å². The van der Waals surface area contributed by atoms with E-state index in [1.807, 2.05) is 36.4 Å². The Morgan fingerprint density at radius 1 is 0.931 bits per heavy atom. The third-order valence-corrected chi connectivity index (χ3v) is 4.94. The monoisotopic (exact) mass is 389 g/mol. The molecule has 1 aliphatic heterocycles. The fourth-order valence-electron chi connectivity index (χ4n) is 3.33. The summed E-state index contributed by atoms with van der Waals surface area (Å²) in [4.78, 5) is 35.6. The Morgan fingerprint density at radius 3 is 2.28 bits per heavy atom. The lowest BCUT2D eigenvalue weighted by Crippen LogP contribution is -2.49. The highest BCUT2D eigenvalue weighted by Crippen LogP contribution is 2.22. The molecular weight excluding hydrogens is 370 g/mol. The number of anilines is 1. The second-order valence-electron chi connectivity index (χ2n) is 6.71. The summed E-state index contributed by atoms with van der Waals surface area (Å²) in [5, 5.41) is 10.8. The number of rotatable bonds is 4. The number of nitro groups is 1. The number of nitro benzene ring substituents is 1. The van der Waals surface area contributed by atoms with Gasteiger partial charge in [0.2, 0.25) is 0 Å². The molecule has 3 aromatic rings.